The van der Waals surface area contributed by atoms with Gasteiger partial charge in [-0.1, -0.05) is 36.9 Å². The first-order valence-corrected chi connectivity index (χ1v) is 13.3. The second-order valence-corrected chi connectivity index (χ2v) is 9.64. The number of aliphatic hydroxyl groups is 1. The van der Waals surface area contributed by atoms with E-state index in [0.29, 0.717) is 45.0 Å². The van der Waals surface area contributed by atoms with Gasteiger partial charge in [0.15, 0.2) is 11.5 Å². The van der Waals surface area contributed by atoms with Crippen molar-refractivity contribution in [1.29, 1.82) is 0 Å². The van der Waals surface area contributed by atoms with E-state index in [9.17, 15) is 19.1 Å². The number of ether oxygens (including phenoxy) is 3. The van der Waals surface area contributed by atoms with Gasteiger partial charge in [0.1, 0.15) is 28.8 Å². The minimum absolute atomic E-state index is 0.000323. The molecule has 0 aromatic heterocycles. The Bertz CT molecular complexity index is 1270. The maximum atomic E-state index is 14.0. The Morgan fingerprint density at radius 1 is 1.14 bits per heavy atom. The number of carbonyl (C=O) groups excluding carboxylic acids is 2. The lowest BCUT2D eigenvalue weighted by Crippen LogP contribution is -2.14. The number of thioether (sulfide) groups is 1. The molecule has 1 amide bonds. The summed E-state index contributed by atoms with van der Waals surface area (Å²) in [7, 11) is 0. The number of halogens is 2. The van der Waals surface area contributed by atoms with E-state index in [0.717, 1.165) is 11.8 Å². The van der Waals surface area contributed by atoms with Crippen LogP contribution in [0.25, 0.3) is 6.08 Å². The number of hydrogen-bond acceptors (Lipinski definition) is 7. The zero-order valence-corrected chi connectivity index (χ0v) is 23.1. The first-order chi connectivity index (χ1) is 17.8. The molecule has 1 aliphatic rings. The summed E-state index contributed by atoms with van der Waals surface area (Å²) in [6.45, 7) is 5.78. The Morgan fingerprint density at radius 2 is 1.89 bits per heavy atom. The monoisotopic (exact) mass is 591 g/mol. The fraction of sp³-hybridized carbons (Fsp3) is 0.296. The average Bonchev–Trinajstić information content (AvgIpc) is 3.14. The Morgan fingerprint density at radius 3 is 2.57 bits per heavy atom. The van der Waals surface area contributed by atoms with Gasteiger partial charge in [-0.25, -0.2) is 14.2 Å². The Labute approximate surface area is 227 Å². The summed E-state index contributed by atoms with van der Waals surface area (Å²) < 4.78 is 31.3. The van der Waals surface area contributed by atoms with Crippen LogP contribution in [0.15, 0.2) is 62.1 Å². The van der Waals surface area contributed by atoms with Gasteiger partial charge in [0, 0.05) is 12.0 Å². The molecular weight excluding hydrogens is 565 g/mol. The highest BCUT2D eigenvalue weighted by Gasteiger charge is 2.33. The lowest BCUT2D eigenvalue weighted by atomic mass is 10.1. The molecule has 196 valence electrons. The van der Waals surface area contributed by atoms with Crippen molar-refractivity contribution >= 4 is 50.7 Å². The minimum Gasteiger partial charge on any atom is -0.506 e. The predicted octanol–water partition coefficient (Wildman–Crippen LogP) is 6.75. The van der Waals surface area contributed by atoms with Crippen molar-refractivity contribution in [3.05, 3.63) is 74.1 Å². The van der Waals surface area contributed by atoms with Crippen LogP contribution in [-0.4, -0.2) is 35.2 Å². The number of hydrogen-bond donors (Lipinski definition) is 1. The first-order valence-electron chi connectivity index (χ1n) is 11.7. The van der Waals surface area contributed by atoms with Gasteiger partial charge >= 0.3 is 5.97 Å². The molecular formula is C27H27BrFNO6S. The summed E-state index contributed by atoms with van der Waals surface area (Å²) in [5, 5.41) is 10.9. The van der Waals surface area contributed by atoms with Gasteiger partial charge in [0.25, 0.3) is 0 Å². The van der Waals surface area contributed by atoms with Crippen LogP contribution < -0.4 is 9.47 Å². The van der Waals surface area contributed by atoms with Gasteiger partial charge in [-0.3, -0.25) is 4.79 Å². The average molecular weight is 592 g/mol. The summed E-state index contributed by atoms with van der Waals surface area (Å²) in [5.41, 5.74) is 0.875. The highest BCUT2D eigenvalue weighted by atomic mass is 79.9. The molecule has 0 unspecified atom stereocenters. The van der Waals surface area contributed by atoms with E-state index in [-0.39, 0.29) is 41.8 Å². The molecule has 0 radical (unpaired) electrons. The van der Waals surface area contributed by atoms with Crippen LogP contribution in [0.1, 0.15) is 44.7 Å². The van der Waals surface area contributed by atoms with Crippen molar-refractivity contribution in [3.63, 3.8) is 0 Å². The number of rotatable bonds is 10. The van der Waals surface area contributed by atoms with Gasteiger partial charge in [-0.2, -0.15) is 0 Å². The van der Waals surface area contributed by atoms with E-state index in [1.54, 1.807) is 43.3 Å². The molecule has 0 saturated carbocycles. The summed E-state index contributed by atoms with van der Waals surface area (Å²) in [6.07, 6.45) is 2.46. The van der Waals surface area contributed by atoms with E-state index >= 15 is 0 Å². The lowest BCUT2D eigenvalue weighted by Gasteiger charge is -2.15. The molecule has 3 rings (SSSR count). The molecule has 10 heteroatoms. The summed E-state index contributed by atoms with van der Waals surface area (Å²) in [6, 6.07) is 9.78. The molecule has 1 heterocycles. The van der Waals surface area contributed by atoms with E-state index < -0.39 is 11.9 Å². The number of esters is 1. The van der Waals surface area contributed by atoms with Crippen molar-refractivity contribution in [1.82, 2.24) is 0 Å². The van der Waals surface area contributed by atoms with Crippen molar-refractivity contribution in [3.8, 4) is 11.5 Å². The van der Waals surface area contributed by atoms with Crippen molar-refractivity contribution < 1.29 is 33.3 Å². The van der Waals surface area contributed by atoms with E-state index in [2.05, 4.69) is 20.9 Å². The second-order valence-electron chi connectivity index (χ2n) is 7.76. The number of carbonyl (C=O) groups is 2. The zero-order chi connectivity index (χ0) is 26.9. The Hall–Kier alpha value is -3.11. The highest BCUT2D eigenvalue weighted by Crippen LogP contribution is 2.42. The van der Waals surface area contributed by atoms with Gasteiger partial charge in [-0.15, -0.1) is 0 Å². The molecule has 0 fully saturated rings. The van der Waals surface area contributed by atoms with Crippen LogP contribution in [0, 0.1) is 5.82 Å². The topological polar surface area (TPSA) is 94.4 Å². The first kappa shape index (κ1) is 28.5. The molecule has 7 nitrogen and oxygen atoms in total. The van der Waals surface area contributed by atoms with Crippen LogP contribution in [0.4, 0.5) is 4.39 Å². The molecule has 1 N–H and O–H groups in total. The fourth-order valence-electron chi connectivity index (χ4n) is 3.37. The highest BCUT2D eigenvalue weighted by molar-refractivity contribution is 9.10. The number of amides is 1. The van der Waals surface area contributed by atoms with Crippen LogP contribution >= 0.6 is 27.7 Å². The quantitative estimate of drug-likeness (QED) is 0.305. The predicted molar refractivity (Wildman–Crippen MR) is 145 cm³/mol. The van der Waals surface area contributed by atoms with Gasteiger partial charge in [0.05, 0.1) is 22.6 Å². The number of nitrogens with zero attached hydrogens (tertiary/aromatic N) is 1. The molecule has 0 saturated heterocycles. The zero-order valence-electron chi connectivity index (χ0n) is 20.7. The SMILES string of the molecule is CCCC(=O)N=C1S/C(=C\c2cc(Br)c(OCc3ccccc3F)c(OCC)c2)C(O)=C1C(=O)OCC. The van der Waals surface area contributed by atoms with E-state index in [4.69, 9.17) is 14.2 Å². The smallest absolute Gasteiger partial charge is 0.344 e. The van der Waals surface area contributed by atoms with Gasteiger partial charge < -0.3 is 19.3 Å². The number of benzene rings is 2. The molecule has 2 aromatic rings. The van der Waals surface area contributed by atoms with E-state index in [1.807, 2.05) is 13.8 Å². The number of aliphatic imine (C=N–C) groups is 1. The molecule has 0 bridgehead atoms. The molecule has 37 heavy (non-hydrogen) atoms. The lowest BCUT2D eigenvalue weighted by molar-refractivity contribution is -0.138. The van der Waals surface area contributed by atoms with Crippen LogP contribution in [-0.2, 0) is 20.9 Å². The molecule has 1 aliphatic heterocycles. The standard InChI is InChI=1S/C27H27BrFNO6S/c1-4-9-22(31)30-26-23(27(33)35-6-3)24(32)21(37-26)14-16-12-18(28)25(20(13-16)34-5-2)36-15-17-10-7-8-11-19(17)29/h7-8,10-14,32H,4-6,9,15H2,1-3H3/b21-14-,30-26?. The largest absolute Gasteiger partial charge is 0.506 e. The van der Waals surface area contributed by atoms with Crippen LogP contribution in [0.2, 0.25) is 0 Å². The normalized spacial score (nSPS) is 15.4. The van der Waals surface area contributed by atoms with Gasteiger partial charge in [-0.05, 0) is 66.0 Å². The van der Waals surface area contributed by atoms with Gasteiger partial charge in [0.2, 0.25) is 5.91 Å². The van der Waals surface area contributed by atoms with E-state index in [1.165, 1.54) is 6.07 Å². The second kappa shape index (κ2) is 13.4. The minimum atomic E-state index is -0.757. The fourth-order valence-corrected chi connectivity index (χ4v) is 4.97. The third kappa shape index (κ3) is 7.23. The summed E-state index contributed by atoms with van der Waals surface area (Å²) >= 11 is 4.50. The molecule has 0 spiro atoms. The number of aliphatic hydroxyl groups excluding tert-OH is 1. The maximum Gasteiger partial charge on any atom is 0.344 e. The summed E-state index contributed by atoms with van der Waals surface area (Å²) in [4.78, 5) is 29.0. The maximum absolute atomic E-state index is 14.0. The third-order valence-corrected chi connectivity index (χ3v) is 6.63. The van der Waals surface area contributed by atoms with Crippen molar-refractivity contribution in [2.24, 2.45) is 4.99 Å². The Kier molecular flexibility index (Phi) is 10.3. The Balaban J connectivity index is 1.97. The molecule has 0 atom stereocenters. The van der Waals surface area contributed by atoms with Crippen molar-refractivity contribution in [2.75, 3.05) is 13.2 Å². The summed E-state index contributed by atoms with van der Waals surface area (Å²) in [5.74, 6) is -1.04. The van der Waals surface area contributed by atoms with Crippen molar-refractivity contribution in [2.45, 2.75) is 40.2 Å². The third-order valence-electron chi connectivity index (χ3n) is 5.02. The molecule has 0 aliphatic carbocycles. The van der Waals surface area contributed by atoms with Crippen LogP contribution in [0.3, 0.4) is 0 Å². The van der Waals surface area contributed by atoms with Crippen LogP contribution in [0.5, 0.6) is 11.5 Å². The molecule has 2 aromatic carbocycles.